The van der Waals surface area contributed by atoms with Crippen molar-refractivity contribution in [1.82, 2.24) is 10.0 Å². The van der Waals surface area contributed by atoms with Crippen molar-refractivity contribution in [2.24, 2.45) is 0 Å². The number of aliphatic carboxylic acids is 1. The smallest absolute Gasteiger partial charge is 0.370 e. The second-order valence-electron chi connectivity index (χ2n) is 6.79. The lowest BCUT2D eigenvalue weighted by atomic mass is 9.92. The molecule has 1 aromatic carbocycles. The summed E-state index contributed by atoms with van der Waals surface area (Å²) in [4.78, 5) is 23.1. The molecule has 0 fully saturated rings. The Morgan fingerprint density at radius 1 is 1.23 bits per heavy atom. The Kier molecular flexibility index (Phi) is 8.30. The van der Waals surface area contributed by atoms with Crippen LogP contribution in [0.1, 0.15) is 12.5 Å². The molecular formula is C19H24N2O9S. The quantitative estimate of drug-likeness (QED) is 0.258. The Balaban J connectivity index is 2.39. The van der Waals surface area contributed by atoms with Crippen molar-refractivity contribution in [1.29, 1.82) is 0 Å². The van der Waals surface area contributed by atoms with Crippen molar-refractivity contribution in [3.05, 3.63) is 53.1 Å². The number of hydrogen-bond acceptors (Lipinski definition) is 8. The molecule has 12 heteroatoms. The number of sulfonamides is 1. The Bertz CT molecular complexity index is 946. The van der Waals surface area contributed by atoms with E-state index in [0.717, 1.165) is 18.4 Å². The van der Waals surface area contributed by atoms with Crippen LogP contribution in [0.3, 0.4) is 0 Å². The normalized spacial score (nSPS) is 23.5. The van der Waals surface area contributed by atoms with E-state index in [1.165, 1.54) is 6.08 Å². The third kappa shape index (κ3) is 6.87. The third-order valence-electron chi connectivity index (χ3n) is 4.37. The van der Waals surface area contributed by atoms with Gasteiger partial charge < -0.3 is 30.5 Å². The second kappa shape index (κ2) is 10.5. The van der Waals surface area contributed by atoms with Crippen molar-refractivity contribution in [3.8, 4) is 0 Å². The molecule has 0 aliphatic carbocycles. The van der Waals surface area contributed by atoms with Crippen LogP contribution in [-0.2, 0) is 24.3 Å². The summed E-state index contributed by atoms with van der Waals surface area (Å²) in [6.07, 6.45) is -2.89. The molecule has 11 nitrogen and oxygen atoms in total. The number of benzene rings is 1. The average Bonchev–Trinajstić information content (AvgIpc) is 2.72. The maximum absolute atomic E-state index is 12.6. The molecule has 0 radical (unpaired) electrons. The third-order valence-corrected chi connectivity index (χ3v) is 5.47. The number of aliphatic hydroxyl groups excluding tert-OH is 3. The first kappa shape index (κ1) is 24.5. The summed E-state index contributed by atoms with van der Waals surface area (Å²) >= 11 is 0. The van der Waals surface area contributed by atoms with Gasteiger partial charge in [-0.1, -0.05) is 30.3 Å². The number of ether oxygens (including phenoxy) is 1. The lowest BCUT2D eigenvalue weighted by molar-refractivity contribution is -0.146. The molecular weight excluding hydrogens is 432 g/mol. The van der Waals surface area contributed by atoms with E-state index in [9.17, 15) is 33.3 Å². The number of nitrogens with one attached hydrogen (secondary N) is 2. The molecule has 0 aromatic heterocycles. The first-order valence-electron chi connectivity index (χ1n) is 9.15. The average molecular weight is 456 g/mol. The van der Waals surface area contributed by atoms with Crippen molar-refractivity contribution in [3.63, 3.8) is 0 Å². The van der Waals surface area contributed by atoms with Crippen LogP contribution in [0.2, 0.25) is 0 Å². The highest BCUT2D eigenvalue weighted by Gasteiger charge is 2.44. The fourth-order valence-electron chi connectivity index (χ4n) is 2.94. The molecule has 2 rings (SSSR count). The summed E-state index contributed by atoms with van der Waals surface area (Å²) in [5, 5.41) is 41.7. The topological polar surface area (TPSA) is 182 Å². The van der Waals surface area contributed by atoms with Crippen LogP contribution in [-0.4, -0.2) is 77.7 Å². The summed E-state index contributed by atoms with van der Waals surface area (Å²) < 4.78 is 32.6. The molecule has 31 heavy (non-hydrogen) atoms. The number of carbonyl (C=O) groups excluding carboxylic acids is 1. The van der Waals surface area contributed by atoms with Gasteiger partial charge in [0.1, 0.15) is 18.3 Å². The first-order valence-corrected chi connectivity index (χ1v) is 10.7. The SMILES string of the molecule is CC(=O)N[C@H]1[C@H]([C@H](O)[C@H](O)CO)OC(C(=O)O)=C[C@@H]1NS(=O)(=O)/C=C/c1ccccc1. The Labute approximate surface area is 178 Å². The standard InChI is InChI=1S/C19H24N2O9S/c1-11(23)20-16-13(21-31(28,29)8-7-12-5-3-2-4-6-12)9-15(19(26)27)30-18(16)17(25)14(24)10-22/h2-9,13-14,16-18,21-22,24-25H,10H2,1H3,(H,20,23)(H,26,27)/b8-7+/t13-,14+,16+,17+,18+/m0/s1. The van der Waals surface area contributed by atoms with Gasteiger partial charge in [-0.3, -0.25) is 4.79 Å². The molecule has 1 heterocycles. The van der Waals surface area contributed by atoms with Gasteiger partial charge in [0.25, 0.3) is 0 Å². The van der Waals surface area contributed by atoms with E-state index in [2.05, 4.69) is 10.0 Å². The molecule has 0 saturated heterocycles. The van der Waals surface area contributed by atoms with E-state index >= 15 is 0 Å². The lowest BCUT2D eigenvalue weighted by Crippen LogP contribution is -2.63. The Morgan fingerprint density at radius 3 is 2.42 bits per heavy atom. The van der Waals surface area contributed by atoms with E-state index < -0.39 is 64.7 Å². The van der Waals surface area contributed by atoms with Gasteiger partial charge in [0.15, 0.2) is 0 Å². The highest BCUT2D eigenvalue weighted by Crippen LogP contribution is 2.24. The summed E-state index contributed by atoms with van der Waals surface area (Å²) in [5.74, 6) is -2.88. The molecule has 5 atom stereocenters. The largest absolute Gasteiger partial charge is 0.478 e. The van der Waals surface area contributed by atoms with Crippen LogP contribution < -0.4 is 10.0 Å². The molecule has 1 aliphatic rings. The summed E-state index contributed by atoms with van der Waals surface area (Å²) in [5.41, 5.74) is 0.597. The van der Waals surface area contributed by atoms with Crippen molar-refractivity contribution >= 4 is 28.0 Å². The van der Waals surface area contributed by atoms with Crippen LogP contribution in [0.4, 0.5) is 0 Å². The lowest BCUT2D eigenvalue weighted by Gasteiger charge is -2.39. The highest BCUT2D eigenvalue weighted by atomic mass is 32.2. The van der Waals surface area contributed by atoms with Gasteiger partial charge in [-0.25, -0.2) is 17.9 Å². The molecule has 6 N–H and O–H groups in total. The van der Waals surface area contributed by atoms with Gasteiger partial charge >= 0.3 is 5.97 Å². The molecule has 1 aromatic rings. The number of hydrogen-bond donors (Lipinski definition) is 6. The number of carbonyl (C=O) groups is 2. The molecule has 1 aliphatic heterocycles. The van der Waals surface area contributed by atoms with Crippen molar-refractivity contribution in [2.45, 2.75) is 37.3 Å². The fourth-order valence-corrected chi connectivity index (χ4v) is 3.95. The Hall–Kier alpha value is -2.77. The van der Waals surface area contributed by atoms with E-state index in [4.69, 9.17) is 9.84 Å². The number of carboxylic acids is 1. The van der Waals surface area contributed by atoms with Gasteiger partial charge in [-0.2, -0.15) is 0 Å². The predicted octanol–water partition coefficient (Wildman–Crippen LogP) is -1.47. The molecule has 1 amide bonds. The number of rotatable bonds is 9. The summed E-state index contributed by atoms with van der Waals surface area (Å²) in [7, 11) is -4.14. The minimum atomic E-state index is -4.14. The van der Waals surface area contributed by atoms with Gasteiger partial charge in [0, 0.05) is 12.3 Å². The highest BCUT2D eigenvalue weighted by molar-refractivity contribution is 7.92. The van der Waals surface area contributed by atoms with Crippen LogP contribution in [0.5, 0.6) is 0 Å². The molecule has 0 saturated carbocycles. The van der Waals surface area contributed by atoms with Crippen molar-refractivity contribution < 1.29 is 43.2 Å². The zero-order valence-corrected chi connectivity index (χ0v) is 17.3. The monoisotopic (exact) mass is 456 g/mol. The first-order chi connectivity index (χ1) is 14.5. The fraction of sp³-hybridized carbons (Fsp3) is 0.368. The van der Waals surface area contributed by atoms with Crippen LogP contribution >= 0.6 is 0 Å². The predicted molar refractivity (Wildman–Crippen MR) is 109 cm³/mol. The van der Waals surface area contributed by atoms with Crippen LogP contribution in [0.25, 0.3) is 6.08 Å². The molecule has 0 spiro atoms. The molecule has 170 valence electrons. The van der Waals surface area contributed by atoms with Gasteiger partial charge in [-0.15, -0.1) is 0 Å². The zero-order chi connectivity index (χ0) is 23.2. The molecule has 0 bridgehead atoms. The second-order valence-corrected chi connectivity index (χ2v) is 8.39. The zero-order valence-electron chi connectivity index (χ0n) is 16.5. The summed E-state index contributed by atoms with van der Waals surface area (Å²) in [6.45, 7) is 0.249. The van der Waals surface area contributed by atoms with E-state index in [0.29, 0.717) is 5.56 Å². The van der Waals surface area contributed by atoms with E-state index in [1.807, 2.05) is 0 Å². The van der Waals surface area contributed by atoms with Gasteiger partial charge in [-0.05, 0) is 17.7 Å². The number of carboxylic acid groups (broad SMARTS) is 1. The number of amides is 1. The van der Waals surface area contributed by atoms with Crippen LogP contribution in [0.15, 0.2) is 47.6 Å². The van der Waals surface area contributed by atoms with Crippen molar-refractivity contribution in [2.75, 3.05) is 6.61 Å². The van der Waals surface area contributed by atoms with E-state index in [1.54, 1.807) is 30.3 Å². The minimum absolute atomic E-state index is 0.597. The van der Waals surface area contributed by atoms with Gasteiger partial charge in [0.05, 0.1) is 18.7 Å². The van der Waals surface area contributed by atoms with E-state index in [-0.39, 0.29) is 0 Å². The summed E-state index contributed by atoms with van der Waals surface area (Å²) in [6, 6.07) is 5.89. The maximum atomic E-state index is 12.6. The maximum Gasteiger partial charge on any atom is 0.370 e. The number of aliphatic hydroxyl groups is 3. The molecule has 0 unspecified atom stereocenters. The van der Waals surface area contributed by atoms with Gasteiger partial charge in [0.2, 0.25) is 21.7 Å². The Morgan fingerprint density at radius 2 is 1.87 bits per heavy atom. The minimum Gasteiger partial charge on any atom is -0.478 e. The van der Waals surface area contributed by atoms with Crippen LogP contribution in [0, 0.1) is 0 Å².